The van der Waals surface area contributed by atoms with Crippen molar-refractivity contribution in [3.63, 3.8) is 0 Å². The van der Waals surface area contributed by atoms with E-state index in [-0.39, 0.29) is 6.04 Å². The summed E-state index contributed by atoms with van der Waals surface area (Å²) in [4.78, 5) is 8.85. The minimum absolute atomic E-state index is 0.0791. The fourth-order valence-electron chi connectivity index (χ4n) is 2.86. The molecule has 0 saturated carbocycles. The zero-order valence-corrected chi connectivity index (χ0v) is 16.8. The standard InChI is InChI=1S/C19H19N7OS/c1-10-5-6-15(25-23-10)11(2)22-18-14-7-13(19-26-24-12(3)28-19)8-16(27-4)17(14)20-9-21-18/h5-9,11H,1-4H3,(H,20,21,22)/t11-/m1/s1. The minimum Gasteiger partial charge on any atom is -0.494 e. The number of hydrogen-bond donors (Lipinski definition) is 1. The van der Waals surface area contributed by atoms with Crippen LogP contribution in [0.5, 0.6) is 5.75 Å². The Hall–Kier alpha value is -3.20. The van der Waals surface area contributed by atoms with E-state index in [0.717, 1.165) is 37.9 Å². The van der Waals surface area contributed by atoms with Crippen molar-refractivity contribution >= 4 is 28.1 Å². The minimum atomic E-state index is -0.0791. The number of ether oxygens (including phenoxy) is 1. The fourth-order valence-corrected chi connectivity index (χ4v) is 3.54. The van der Waals surface area contributed by atoms with E-state index in [1.165, 1.54) is 17.7 Å². The van der Waals surface area contributed by atoms with Crippen molar-refractivity contribution < 1.29 is 4.74 Å². The molecule has 28 heavy (non-hydrogen) atoms. The molecule has 0 fully saturated rings. The summed E-state index contributed by atoms with van der Waals surface area (Å²) in [5, 5.41) is 22.7. The Balaban J connectivity index is 1.78. The van der Waals surface area contributed by atoms with Crippen molar-refractivity contribution in [2.45, 2.75) is 26.8 Å². The number of aromatic nitrogens is 6. The maximum absolute atomic E-state index is 5.57. The van der Waals surface area contributed by atoms with Crippen LogP contribution in [0.2, 0.25) is 0 Å². The van der Waals surface area contributed by atoms with Crippen molar-refractivity contribution in [3.8, 4) is 16.3 Å². The zero-order valence-electron chi connectivity index (χ0n) is 16.0. The van der Waals surface area contributed by atoms with Crippen molar-refractivity contribution in [1.82, 2.24) is 30.4 Å². The molecule has 3 aromatic heterocycles. The maximum Gasteiger partial charge on any atom is 0.147 e. The highest BCUT2D eigenvalue weighted by Gasteiger charge is 2.16. The third-order valence-corrected chi connectivity index (χ3v) is 5.20. The van der Waals surface area contributed by atoms with E-state index >= 15 is 0 Å². The molecule has 4 rings (SSSR count). The third-order valence-electron chi connectivity index (χ3n) is 4.31. The second kappa shape index (κ2) is 7.43. The highest BCUT2D eigenvalue weighted by molar-refractivity contribution is 7.14. The van der Waals surface area contributed by atoms with E-state index in [4.69, 9.17) is 4.74 Å². The Kier molecular flexibility index (Phi) is 4.82. The lowest BCUT2D eigenvalue weighted by atomic mass is 10.1. The normalized spacial score (nSPS) is 12.1. The summed E-state index contributed by atoms with van der Waals surface area (Å²) >= 11 is 1.53. The first kappa shape index (κ1) is 18.2. The summed E-state index contributed by atoms with van der Waals surface area (Å²) in [5.41, 5.74) is 3.35. The largest absolute Gasteiger partial charge is 0.494 e. The molecule has 0 aliphatic carbocycles. The summed E-state index contributed by atoms with van der Waals surface area (Å²) in [6.45, 7) is 5.86. The first-order valence-corrected chi connectivity index (χ1v) is 9.57. The van der Waals surface area contributed by atoms with E-state index in [9.17, 15) is 0 Å². The molecule has 142 valence electrons. The summed E-state index contributed by atoms with van der Waals surface area (Å²) in [7, 11) is 1.63. The van der Waals surface area contributed by atoms with Crippen LogP contribution in [0.25, 0.3) is 21.5 Å². The van der Waals surface area contributed by atoms with Crippen LogP contribution in [-0.4, -0.2) is 37.5 Å². The van der Waals surface area contributed by atoms with Crippen LogP contribution < -0.4 is 10.1 Å². The number of rotatable bonds is 5. The maximum atomic E-state index is 5.57. The highest BCUT2D eigenvalue weighted by Crippen LogP contribution is 2.35. The molecule has 1 atom stereocenters. The van der Waals surface area contributed by atoms with Gasteiger partial charge in [-0.15, -0.1) is 10.2 Å². The lowest BCUT2D eigenvalue weighted by Gasteiger charge is -2.16. The summed E-state index contributed by atoms with van der Waals surface area (Å²) in [6.07, 6.45) is 1.52. The third kappa shape index (κ3) is 3.48. The molecule has 8 nitrogen and oxygen atoms in total. The molecule has 0 radical (unpaired) electrons. The van der Waals surface area contributed by atoms with Gasteiger partial charge in [0.15, 0.2) is 0 Å². The Morgan fingerprint density at radius 1 is 1.04 bits per heavy atom. The molecule has 1 aromatic carbocycles. The molecule has 3 heterocycles. The van der Waals surface area contributed by atoms with Gasteiger partial charge in [0.05, 0.1) is 24.5 Å². The highest BCUT2D eigenvalue weighted by atomic mass is 32.1. The van der Waals surface area contributed by atoms with E-state index in [1.54, 1.807) is 7.11 Å². The topological polar surface area (TPSA) is 98.6 Å². The van der Waals surface area contributed by atoms with Gasteiger partial charge >= 0.3 is 0 Å². The molecule has 0 spiro atoms. The van der Waals surface area contributed by atoms with Crippen LogP contribution in [0.4, 0.5) is 5.82 Å². The van der Waals surface area contributed by atoms with E-state index in [0.29, 0.717) is 11.6 Å². The van der Waals surface area contributed by atoms with Crippen molar-refractivity contribution in [3.05, 3.63) is 47.0 Å². The van der Waals surface area contributed by atoms with Gasteiger partial charge in [0, 0.05) is 10.9 Å². The molecule has 9 heteroatoms. The number of anilines is 1. The van der Waals surface area contributed by atoms with Crippen LogP contribution in [0.15, 0.2) is 30.6 Å². The molecule has 0 amide bonds. The van der Waals surface area contributed by atoms with Gasteiger partial charge in [-0.05, 0) is 45.0 Å². The quantitative estimate of drug-likeness (QED) is 0.547. The first-order chi connectivity index (χ1) is 13.5. The molecule has 0 unspecified atom stereocenters. The van der Waals surface area contributed by atoms with Crippen LogP contribution in [0.1, 0.15) is 29.4 Å². The van der Waals surface area contributed by atoms with Gasteiger partial charge in [-0.25, -0.2) is 9.97 Å². The molecule has 4 aromatic rings. The number of benzene rings is 1. The van der Waals surface area contributed by atoms with Gasteiger partial charge in [0.1, 0.15) is 33.4 Å². The number of aryl methyl sites for hydroxylation is 2. The predicted octanol–water partition coefficient (Wildman–Crippen LogP) is 3.74. The van der Waals surface area contributed by atoms with Crippen molar-refractivity contribution in [2.24, 2.45) is 0 Å². The number of fused-ring (bicyclic) bond motifs is 1. The van der Waals surface area contributed by atoms with Crippen LogP contribution in [0.3, 0.4) is 0 Å². The lowest BCUT2D eigenvalue weighted by Crippen LogP contribution is -2.11. The first-order valence-electron chi connectivity index (χ1n) is 8.75. The van der Waals surface area contributed by atoms with Crippen LogP contribution >= 0.6 is 11.3 Å². The van der Waals surface area contributed by atoms with Crippen LogP contribution in [0, 0.1) is 13.8 Å². The van der Waals surface area contributed by atoms with Gasteiger partial charge in [0.2, 0.25) is 0 Å². The van der Waals surface area contributed by atoms with Gasteiger partial charge in [-0.2, -0.15) is 10.2 Å². The smallest absolute Gasteiger partial charge is 0.147 e. The molecule has 0 bridgehead atoms. The van der Waals surface area contributed by atoms with E-state index < -0.39 is 0 Å². The van der Waals surface area contributed by atoms with Crippen LogP contribution in [-0.2, 0) is 0 Å². The number of methoxy groups -OCH3 is 1. The van der Waals surface area contributed by atoms with E-state index in [1.807, 2.05) is 45.0 Å². The average molecular weight is 393 g/mol. The van der Waals surface area contributed by atoms with Crippen molar-refractivity contribution in [2.75, 3.05) is 12.4 Å². The number of nitrogens with one attached hydrogen (secondary N) is 1. The van der Waals surface area contributed by atoms with Crippen molar-refractivity contribution in [1.29, 1.82) is 0 Å². The summed E-state index contributed by atoms with van der Waals surface area (Å²) < 4.78 is 5.57. The molecule has 0 aliphatic heterocycles. The summed E-state index contributed by atoms with van der Waals surface area (Å²) in [5.74, 6) is 1.36. The molecule has 0 saturated heterocycles. The average Bonchev–Trinajstić information content (AvgIpc) is 3.14. The molecule has 1 N–H and O–H groups in total. The molecule has 0 aliphatic rings. The number of hydrogen-bond acceptors (Lipinski definition) is 9. The second-order valence-electron chi connectivity index (χ2n) is 6.39. The molecular weight excluding hydrogens is 374 g/mol. The monoisotopic (exact) mass is 393 g/mol. The van der Waals surface area contributed by atoms with Gasteiger partial charge in [-0.1, -0.05) is 11.3 Å². The predicted molar refractivity (Wildman–Crippen MR) is 109 cm³/mol. The SMILES string of the molecule is COc1cc(-c2nnc(C)s2)cc2c(N[C@H](C)c3ccc(C)nn3)ncnc12. The lowest BCUT2D eigenvalue weighted by molar-refractivity contribution is 0.419. The Labute approximate surface area is 166 Å². The summed E-state index contributed by atoms with van der Waals surface area (Å²) in [6, 6.07) is 7.75. The number of nitrogens with zero attached hydrogens (tertiary/aromatic N) is 6. The Morgan fingerprint density at radius 2 is 1.89 bits per heavy atom. The van der Waals surface area contributed by atoms with Gasteiger partial charge < -0.3 is 10.1 Å². The fraction of sp³-hybridized carbons (Fsp3) is 0.263. The van der Waals surface area contributed by atoms with E-state index in [2.05, 4.69) is 35.7 Å². The zero-order chi connectivity index (χ0) is 19.7. The Morgan fingerprint density at radius 3 is 2.57 bits per heavy atom. The molecular formula is C19H19N7OS. The second-order valence-corrected chi connectivity index (χ2v) is 7.57. The van der Waals surface area contributed by atoms with Gasteiger partial charge in [0.25, 0.3) is 0 Å². The van der Waals surface area contributed by atoms with Gasteiger partial charge in [-0.3, -0.25) is 0 Å². The Bertz CT molecular complexity index is 1130.